The maximum Gasteiger partial charge on any atom is 0.433 e. The van der Waals surface area contributed by atoms with Crippen molar-refractivity contribution < 1.29 is 14.1 Å². The first kappa shape index (κ1) is 16.0. The fourth-order valence-electron chi connectivity index (χ4n) is 1.74. The van der Waals surface area contributed by atoms with Gasteiger partial charge in [0.15, 0.2) is 0 Å². The Labute approximate surface area is 138 Å². The molecule has 112 valence electrons. The van der Waals surface area contributed by atoms with Gasteiger partial charge < -0.3 is 9.15 Å². The summed E-state index contributed by atoms with van der Waals surface area (Å²) in [5, 5.41) is 10.6. The van der Waals surface area contributed by atoms with E-state index in [0.29, 0.717) is 12.4 Å². The van der Waals surface area contributed by atoms with Crippen LogP contribution in [-0.2, 0) is 0 Å². The van der Waals surface area contributed by atoms with Crippen molar-refractivity contribution >= 4 is 37.7 Å². The van der Waals surface area contributed by atoms with Crippen LogP contribution in [0.2, 0.25) is 0 Å². The Balaban J connectivity index is 2.20. The summed E-state index contributed by atoms with van der Waals surface area (Å²) in [6.07, 6.45) is 0.936. The number of hydrogen-bond acceptors (Lipinski definition) is 4. The van der Waals surface area contributed by atoms with Crippen LogP contribution in [0.25, 0.3) is 0 Å². The molecule has 0 aliphatic rings. The normalized spacial score (nSPS) is 12.1. The van der Waals surface area contributed by atoms with E-state index in [1.807, 2.05) is 25.1 Å². The molecule has 1 atom stereocenters. The summed E-state index contributed by atoms with van der Waals surface area (Å²) in [7, 11) is 0. The number of halogens is 2. The van der Waals surface area contributed by atoms with E-state index in [1.165, 1.54) is 6.07 Å². The number of benzene rings is 1. The van der Waals surface area contributed by atoms with Gasteiger partial charge in [-0.25, -0.2) is 0 Å². The van der Waals surface area contributed by atoms with E-state index in [1.54, 1.807) is 6.07 Å². The van der Waals surface area contributed by atoms with E-state index in [2.05, 4.69) is 31.9 Å². The molecule has 0 N–H and O–H groups in total. The van der Waals surface area contributed by atoms with Crippen molar-refractivity contribution in [2.24, 2.45) is 0 Å². The third-order valence-electron chi connectivity index (χ3n) is 2.75. The molecule has 0 radical (unpaired) electrons. The topological polar surface area (TPSA) is 65.5 Å². The molecule has 1 aromatic carbocycles. The quantitative estimate of drug-likeness (QED) is 0.366. The lowest BCUT2D eigenvalue weighted by atomic mass is 10.1. The largest absolute Gasteiger partial charge is 0.492 e. The Hall–Kier alpha value is -1.34. The van der Waals surface area contributed by atoms with E-state index >= 15 is 0 Å². The van der Waals surface area contributed by atoms with Crippen molar-refractivity contribution in [3.63, 3.8) is 0 Å². The van der Waals surface area contributed by atoms with Crippen LogP contribution >= 0.6 is 31.9 Å². The van der Waals surface area contributed by atoms with Crippen LogP contribution in [0.3, 0.4) is 0 Å². The summed E-state index contributed by atoms with van der Waals surface area (Å²) < 4.78 is 11.6. The van der Waals surface area contributed by atoms with Gasteiger partial charge in [-0.1, -0.05) is 28.9 Å². The van der Waals surface area contributed by atoms with Gasteiger partial charge in [0.05, 0.1) is 22.0 Å². The van der Waals surface area contributed by atoms with Crippen LogP contribution in [0.1, 0.15) is 29.5 Å². The van der Waals surface area contributed by atoms with Crippen molar-refractivity contribution in [2.45, 2.75) is 18.2 Å². The Morgan fingerprint density at radius 3 is 2.71 bits per heavy atom. The molecule has 0 fully saturated rings. The summed E-state index contributed by atoms with van der Waals surface area (Å²) in [5.74, 6) is 0.984. The number of hydrogen-bond donors (Lipinski definition) is 0. The Kier molecular flexibility index (Phi) is 5.41. The highest BCUT2D eigenvalue weighted by molar-refractivity contribution is 9.10. The molecule has 21 heavy (non-hydrogen) atoms. The molecule has 1 heterocycles. The van der Waals surface area contributed by atoms with E-state index in [-0.39, 0.29) is 10.7 Å². The maximum atomic E-state index is 10.6. The van der Waals surface area contributed by atoms with Crippen molar-refractivity contribution in [3.05, 3.63) is 56.2 Å². The molecule has 0 aliphatic heterocycles. The van der Waals surface area contributed by atoms with Crippen molar-refractivity contribution in [1.82, 2.24) is 0 Å². The molecule has 0 amide bonds. The number of alkyl halides is 1. The van der Waals surface area contributed by atoms with E-state index < -0.39 is 4.92 Å². The molecule has 2 aromatic rings. The molecular weight excluding hydrogens is 406 g/mol. The maximum absolute atomic E-state index is 10.6. The average molecular weight is 419 g/mol. The lowest BCUT2D eigenvalue weighted by Crippen LogP contribution is -1.97. The minimum Gasteiger partial charge on any atom is -0.492 e. The molecule has 2 rings (SSSR count). The Bertz CT molecular complexity index is 642. The van der Waals surface area contributed by atoms with Crippen LogP contribution in [0.4, 0.5) is 5.88 Å². The molecule has 0 spiro atoms. The predicted octanol–water partition coefficient (Wildman–Crippen LogP) is 5.22. The standard InChI is InChI=1S/C14H13Br2NO4/c1-2-7-20-11-4-3-9(8-10(11)15)14(16)12-5-6-13(21-12)17(18)19/h3-6,8,14H,2,7H2,1H3. The highest BCUT2D eigenvalue weighted by Gasteiger charge is 2.20. The Morgan fingerprint density at radius 2 is 2.14 bits per heavy atom. The fourth-order valence-corrected chi connectivity index (χ4v) is 2.79. The van der Waals surface area contributed by atoms with Crippen LogP contribution in [0.15, 0.2) is 39.2 Å². The Morgan fingerprint density at radius 1 is 1.38 bits per heavy atom. The zero-order valence-corrected chi connectivity index (χ0v) is 14.4. The van der Waals surface area contributed by atoms with Gasteiger partial charge in [-0.3, -0.25) is 10.1 Å². The number of rotatable bonds is 6. The number of ether oxygens (including phenoxy) is 1. The molecule has 1 aromatic heterocycles. The zero-order valence-electron chi connectivity index (χ0n) is 11.2. The predicted molar refractivity (Wildman–Crippen MR) is 86.1 cm³/mol. The molecule has 7 heteroatoms. The fraction of sp³-hybridized carbons (Fsp3) is 0.286. The number of nitrogens with zero attached hydrogens (tertiary/aromatic N) is 1. The minimum absolute atomic E-state index is 0.261. The van der Waals surface area contributed by atoms with E-state index in [0.717, 1.165) is 22.2 Å². The first-order valence-corrected chi connectivity index (χ1v) is 8.04. The summed E-state index contributed by atoms with van der Waals surface area (Å²) in [4.78, 5) is 9.83. The first-order valence-electron chi connectivity index (χ1n) is 6.33. The van der Waals surface area contributed by atoms with Gasteiger partial charge in [0.2, 0.25) is 0 Å². The second-order valence-corrected chi connectivity index (χ2v) is 6.10. The summed E-state index contributed by atoms with van der Waals surface area (Å²) in [6, 6.07) is 8.59. The van der Waals surface area contributed by atoms with Crippen molar-refractivity contribution in [3.8, 4) is 5.75 Å². The highest BCUT2D eigenvalue weighted by atomic mass is 79.9. The lowest BCUT2D eigenvalue weighted by Gasteiger charge is -2.11. The molecule has 0 saturated heterocycles. The number of nitro groups is 1. The summed E-state index contributed by atoms with van der Waals surface area (Å²) in [6.45, 7) is 2.70. The first-order chi connectivity index (χ1) is 10.0. The number of furan rings is 1. The van der Waals surface area contributed by atoms with Gasteiger partial charge in [-0.15, -0.1) is 0 Å². The van der Waals surface area contributed by atoms with E-state index in [9.17, 15) is 10.1 Å². The zero-order chi connectivity index (χ0) is 15.4. The highest BCUT2D eigenvalue weighted by Crippen LogP contribution is 2.37. The van der Waals surface area contributed by atoms with Crippen LogP contribution in [-0.4, -0.2) is 11.5 Å². The summed E-state index contributed by atoms with van der Waals surface area (Å²) >= 11 is 6.95. The van der Waals surface area contributed by atoms with Crippen molar-refractivity contribution in [1.29, 1.82) is 0 Å². The summed E-state index contributed by atoms with van der Waals surface area (Å²) in [5.41, 5.74) is 0.912. The van der Waals surface area contributed by atoms with Gasteiger partial charge in [0, 0.05) is 0 Å². The molecule has 5 nitrogen and oxygen atoms in total. The second-order valence-electron chi connectivity index (χ2n) is 4.33. The van der Waals surface area contributed by atoms with Gasteiger partial charge in [0.25, 0.3) is 0 Å². The molecule has 1 unspecified atom stereocenters. The third kappa shape index (κ3) is 3.85. The minimum atomic E-state index is -0.555. The molecular formula is C14H13Br2NO4. The molecule has 0 saturated carbocycles. The van der Waals surface area contributed by atoms with Gasteiger partial charge in [0.1, 0.15) is 16.4 Å². The van der Waals surface area contributed by atoms with E-state index in [4.69, 9.17) is 9.15 Å². The smallest absolute Gasteiger partial charge is 0.433 e. The average Bonchev–Trinajstić information content (AvgIpc) is 2.95. The third-order valence-corrected chi connectivity index (χ3v) is 4.35. The van der Waals surface area contributed by atoms with Gasteiger partial charge >= 0.3 is 5.88 Å². The molecule has 0 bridgehead atoms. The SMILES string of the molecule is CCCOc1ccc(C(Br)c2ccc([N+](=O)[O-])o2)cc1Br. The lowest BCUT2D eigenvalue weighted by molar-refractivity contribution is -0.402. The molecule has 0 aliphatic carbocycles. The van der Waals surface area contributed by atoms with Gasteiger partial charge in [-0.2, -0.15) is 0 Å². The second kappa shape index (κ2) is 7.09. The van der Waals surface area contributed by atoms with Gasteiger partial charge in [-0.05, 0) is 46.1 Å². The van der Waals surface area contributed by atoms with Crippen LogP contribution < -0.4 is 4.74 Å². The van der Waals surface area contributed by atoms with Crippen LogP contribution in [0.5, 0.6) is 5.75 Å². The van der Waals surface area contributed by atoms with Crippen molar-refractivity contribution in [2.75, 3.05) is 6.61 Å². The van der Waals surface area contributed by atoms with Crippen LogP contribution in [0, 0.1) is 10.1 Å². The monoisotopic (exact) mass is 417 g/mol.